The van der Waals surface area contributed by atoms with Gasteiger partial charge in [-0.3, -0.25) is 14.9 Å². The first-order valence-electron chi connectivity index (χ1n) is 10.9. The van der Waals surface area contributed by atoms with Gasteiger partial charge in [-0.1, -0.05) is 50.0 Å². The highest BCUT2D eigenvalue weighted by atomic mass is 79.9. The van der Waals surface area contributed by atoms with Crippen molar-refractivity contribution in [3.8, 4) is 5.75 Å². The van der Waals surface area contributed by atoms with Crippen molar-refractivity contribution in [2.75, 3.05) is 6.61 Å². The van der Waals surface area contributed by atoms with Gasteiger partial charge >= 0.3 is 5.69 Å². The van der Waals surface area contributed by atoms with Gasteiger partial charge in [0, 0.05) is 22.5 Å². The molecule has 0 N–H and O–H groups in total. The van der Waals surface area contributed by atoms with Gasteiger partial charge in [-0.15, -0.1) is 0 Å². The standard InChI is InChI=1S/C24H26Br2N4O4/c1-5-6-7-21-28-19-9-8-16(25)12-17(19)23(31)29(21)27-13-15-10-18(26)22(20(11-15)30(32)33)34-14-24(2,3)4/h8-13H,5-7,14H2,1-4H3. The number of fused-ring (bicyclic) bond motifs is 1. The van der Waals surface area contributed by atoms with Crippen LogP contribution in [-0.4, -0.2) is 27.4 Å². The molecule has 34 heavy (non-hydrogen) atoms. The molecular weight excluding hydrogens is 568 g/mol. The van der Waals surface area contributed by atoms with Crippen LogP contribution in [0.4, 0.5) is 5.69 Å². The van der Waals surface area contributed by atoms with E-state index >= 15 is 0 Å². The topological polar surface area (TPSA) is 99.6 Å². The fourth-order valence-electron chi connectivity index (χ4n) is 3.18. The molecule has 0 fully saturated rings. The van der Waals surface area contributed by atoms with Crippen LogP contribution in [-0.2, 0) is 6.42 Å². The third-order valence-electron chi connectivity index (χ3n) is 4.84. The summed E-state index contributed by atoms with van der Waals surface area (Å²) in [5, 5.41) is 16.5. The van der Waals surface area contributed by atoms with Crippen LogP contribution in [0.3, 0.4) is 0 Å². The smallest absolute Gasteiger partial charge is 0.312 e. The third kappa shape index (κ3) is 6.29. The molecule has 0 saturated carbocycles. The Hall–Kier alpha value is -2.59. The van der Waals surface area contributed by atoms with Gasteiger partial charge in [0.1, 0.15) is 5.82 Å². The molecule has 0 unspecified atom stereocenters. The summed E-state index contributed by atoms with van der Waals surface area (Å²) in [4.78, 5) is 29.1. The number of halogens is 2. The molecule has 0 radical (unpaired) electrons. The number of nitro groups is 1. The molecule has 2 aromatic carbocycles. The molecule has 0 spiro atoms. The molecule has 10 heteroatoms. The highest BCUT2D eigenvalue weighted by molar-refractivity contribution is 9.10. The highest BCUT2D eigenvalue weighted by Gasteiger charge is 2.22. The Kier molecular flexibility index (Phi) is 8.25. The maximum Gasteiger partial charge on any atom is 0.312 e. The molecule has 0 bridgehead atoms. The SMILES string of the molecule is CCCCc1nc2ccc(Br)cc2c(=O)n1N=Cc1cc(Br)c(OCC(C)(C)C)c([N+](=O)[O-])c1. The fraction of sp³-hybridized carbons (Fsp3) is 0.375. The summed E-state index contributed by atoms with van der Waals surface area (Å²) in [6.07, 6.45) is 3.79. The van der Waals surface area contributed by atoms with Gasteiger partial charge in [-0.25, -0.2) is 4.98 Å². The molecule has 3 rings (SSSR count). The van der Waals surface area contributed by atoms with Gasteiger partial charge in [0.15, 0.2) is 0 Å². The first-order valence-corrected chi connectivity index (χ1v) is 12.4. The van der Waals surface area contributed by atoms with E-state index in [0.29, 0.717) is 39.8 Å². The van der Waals surface area contributed by atoms with E-state index in [-0.39, 0.29) is 22.4 Å². The molecule has 0 atom stereocenters. The van der Waals surface area contributed by atoms with Crippen molar-refractivity contribution in [1.29, 1.82) is 0 Å². The number of hydrogen-bond acceptors (Lipinski definition) is 6. The first kappa shape index (κ1) is 26.0. The minimum absolute atomic E-state index is 0.162. The summed E-state index contributed by atoms with van der Waals surface area (Å²) in [5.41, 5.74) is 0.405. The Morgan fingerprint density at radius 2 is 1.97 bits per heavy atom. The van der Waals surface area contributed by atoms with Crippen LogP contribution in [0.15, 0.2) is 49.2 Å². The number of benzene rings is 2. The first-order chi connectivity index (χ1) is 16.0. The zero-order chi connectivity index (χ0) is 25.0. The van der Waals surface area contributed by atoms with Crippen molar-refractivity contribution < 1.29 is 9.66 Å². The minimum atomic E-state index is -0.492. The molecule has 180 valence electrons. The summed E-state index contributed by atoms with van der Waals surface area (Å²) in [7, 11) is 0. The molecule has 0 amide bonds. The van der Waals surface area contributed by atoms with Crippen molar-refractivity contribution in [2.45, 2.75) is 47.0 Å². The maximum atomic E-state index is 13.2. The molecule has 3 aromatic rings. The number of rotatable bonds is 8. The molecule has 1 heterocycles. The lowest BCUT2D eigenvalue weighted by Crippen LogP contribution is -2.22. The van der Waals surface area contributed by atoms with Gasteiger partial charge in [-0.2, -0.15) is 9.78 Å². The van der Waals surface area contributed by atoms with Gasteiger partial charge in [-0.05, 0) is 52.0 Å². The van der Waals surface area contributed by atoms with E-state index in [1.165, 1.54) is 17.0 Å². The second-order valence-corrected chi connectivity index (χ2v) is 10.9. The Labute approximate surface area is 214 Å². The zero-order valence-electron chi connectivity index (χ0n) is 19.5. The van der Waals surface area contributed by atoms with Crippen molar-refractivity contribution in [3.63, 3.8) is 0 Å². The molecule has 0 aliphatic rings. The van der Waals surface area contributed by atoms with Gasteiger partial charge in [0.05, 0.1) is 33.1 Å². The summed E-state index contributed by atoms with van der Waals surface area (Å²) < 4.78 is 8.22. The maximum absolute atomic E-state index is 13.2. The summed E-state index contributed by atoms with van der Waals surface area (Å²) in [6, 6.07) is 8.40. The van der Waals surface area contributed by atoms with Crippen LogP contribution in [0.1, 0.15) is 51.9 Å². The second kappa shape index (κ2) is 10.8. The Balaban J connectivity index is 2.07. The fourth-order valence-corrected chi connectivity index (χ4v) is 4.12. The van der Waals surface area contributed by atoms with Crippen LogP contribution in [0.25, 0.3) is 10.9 Å². The van der Waals surface area contributed by atoms with Crippen molar-refractivity contribution in [3.05, 3.63) is 71.1 Å². The van der Waals surface area contributed by atoms with E-state index in [1.54, 1.807) is 18.2 Å². The lowest BCUT2D eigenvalue weighted by molar-refractivity contribution is -0.386. The number of aryl methyl sites for hydroxylation is 1. The molecule has 0 aliphatic heterocycles. The van der Waals surface area contributed by atoms with Crippen LogP contribution >= 0.6 is 31.9 Å². The number of unbranched alkanes of at least 4 members (excludes halogenated alkanes) is 1. The number of hydrogen-bond donors (Lipinski definition) is 0. The van der Waals surface area contributed by atoms with Crippen LogP contribution in [0.5, 0.6) is 5.75 Å². The van der Waals surface area contributed by atoms with Crippen molar-refractivity contribution in [1.82, 2.24) is 9.66 Å². The number of nitrogens with zero attached hydrogens (tertiary/aromatic N) is 4. The second-order valence-electron chi connectivity index (χ2n) is 9.11. The van der Waals surface area contributed by atoms with Crippen LogP contribution in [0.2, 0.25) is 0 Å². The molecule has 0 aliphatic carbocycles. The third-order valence-corrected chi connectivity index (χ3v) is 5.93. The zero-order valence-corrected chi connectivity index (χ0v) is 22.6. The van der Waals surface area contributed by atoms with E-state index in [4.69, 9.17) is 4.74 Å². The molecular formula is C24H26Br2N4O4. The summed E-state index contributed by atoms with van der Waals surface area (Å²) in [5.74, 6) is 0.701. The van der Waals surface area contributed by atoms with Gasteiger partial charge in [0.25, 0.3) is 5.56 Å². The van der Waals surface area contributed by atoms with Crippen molar-refractivity contribution >= 4 is 54.7 Å². The monoisotopic (exact) mass is 592 g/mol. The van der Waals surface area contributed by atoms with Crippen LogP contribution < -0.4 is 10.3 Å². The molecule has 1 aromatic heterocycles. The van der Waals surface area contributed by atoms with Crippen molar-refractivity contribution in [2.24, 2.45) is 10.5 Å². The highest BCUT2D eigenvalue weighted by Crippen LogP contribution is 2.37. The normalized spacial score (nSPS) is 11.9. The Bertz CT molecular complexity index is 1310. The summed E-state index contributed by atoms with van der Waals surface area (Å²) >= 11 is 6.78. The predicted molar refractivity (Wildman–Crippen MR) is 141 cm³/mol. The number of aromatic nitrogens is 2. The van der Waals surface area contributed by atoms with Crippen LogP contribution in [0, 0.1) is 15.5 Å². The minimum Gasteiger partial charge on any atom is -0.485 e. The Morgan fingerprint density at radius 3 is 2.62 bits per heavy atom. The van der Waals surface area contributed by atoms with E-state index in [1.807, 2.05) is 26.8 Å². The van der Waals surface area contributed by atoms with E-state index in [2.05, 4.69) is 48.9 Å². The lowest BCUT2D eigenvalue weighted by Gasteiger charge is -2.19. The van der Waals surface area contributed by atoms with Gasteiger partial charge < -0.3 is 4.74 Å². The average molecular weight is 594 g/mol. The lowest BCUT2D eigenvalue weighted by atomic mass is 9.99. The van der Waals surface area contributed by atoms with E-state index in [9.17, 15) is 14.9 Å². The van der Waals surface area contributed by atoms with E-state index < -0.39 is 4.92 Å². The largest absolute Gasteiger partial charge is 0.485 e. The van der Waals surface area contributed by atoms with Gasteiger partial charge in [0.2, 0.25) is 5.75 Å². The summed E-state index contributed by atoms with van der Waals surface area (Å²) in [6.45, 7) is 8.32. The molecule has 8 nitrogen and oxygen atoms in total. The number of nitro benzene ring substituents is 1. The average Bonchev–Trinajstić information content (AvgIpc) is 2.75. The number of ether oxygens (including phenoxy) is 1. The Morgan fingerprint density at radius 1 is 1.24 bits per heavy atom. The molecule has 0 saturated heterocycles. The van der Waals surface area contributed by atoms with E-state index in [0.717, 1.165) is 17.3 Å². The quantitative estimate of drug-likeness (QED) is 0.169. The predicted octanol–water partition coefficient (Wildman–Crippen LogP) is 6.48.